The summed E-state index contributed by atoms with van der Waals surface area (Å²) in [6, 6.07) is 12.8. The molecule has 2 aromatic carbocycles. The van der Waals surface area contributed by atoms with Crippen LogP contribution in [-0.4, -0.2) is 8.64 Å². The third-order valence-electron chi connectivity index (χ3n) is 6.18. The average Bonchev–Trinajstić information content (AvgIpc) is 2.84. The average molecular weight is 626 g/mol. The van der Waals surface area contributed by atoms with E-state index >= 15 is 0 Å². The van der Waals surface area contributed by atoms with Crippen molar-refractivity contribution < 1.29 is 19.5 Å². The van der Waals surface area contributed by atoms with Gasteiger partial charge in [0.25, 0.3) is 0 Å². The fraction of sp³-hybridized carbons (Fsp3) is 0.533. The molecule has 0 bridgehead atoms. The van der Waals surface area contributed by atoms with Crippen molar-refractivity contribution in [3.63, 3.8) is 0 Å². The van der Waals surface area contributed by atoms with Crippen molar-refractivity contribution in [1.82, 2.24) is 0 Å². The van der Waals surface area contributed by atoms with E-state index in [1.54, 1.807) is 0 Å². The molecule has 0 saturated heterocycles. The SMILES string of the molecule is CCCCc1cccc(NC(=S)[S-])c1CCCC.CCCCc1cccc(NC(=S)[S-])c1CCCC.[Zn+2]. The molecule has 0 heterocycles. The molecule has 2 nitrogen and oxygen atoms in total. The van der Waals surface area contributed by atoms with Crippen LogP contribution in [0, 0.1) is 0 Å². The summed E-state index contributed by atoms with van der Waals surface area (Å²) < 4.78 is 0.862. The second-order valence-corrected chi connectivity index (χ2v) is 11.3. The molecule has 0 unspecified atom stereocenters. The van der Waals surface area contributed by atoms with E-state index in [1.807, 2.05) is 0 Å². The minimum absolute atomic E-state index is 0. The van der Waals surface area contributed by atoms with Crippen LogP contribution in [0.4, 0.5) is 11.4 Å². The molecule has 7 heteroatoms. The molecule has 0 saturated carbocycles. The van der Waals surface area contributed by atoms with Gasteiger partial charge in [0, 0.05) is 11.4 Å². The summed E-state index contributed by atoms with van der Waals surface area (Å²) in [5.74, 6) is 0. The van der Waals surface area contributed by atoms with Gasteiger partial charge < -0.3 is 60.3 Å². The van der Waals surface area contributed by atoms with Crippen molar-refractivity contribution in [1.29, 1.82) is 0 Å². The number of hydrogen-bond donors (Lipinski definition) is 2. The minimum Gasteiger partial charge on any atom is -0.411 e. The van der Waals surface area contributed by atoms with E-state index in [0.29, 0.717) is 8.64 Å². The van der Waals surface area contributed by atoms with Crippen molar-refractivity contribution >= 4 is 69.7 Å². The Bertz CT molecular complexity index is 858. The monoisotopic (exact) mass is 624 g/mol. The van der Waals surface area contributed by atoms with Crippen LogP contribution in [0.5, 0.6) is 0 Å². The van der Waals surface area contributed by atoms with Crippen LogP contribution in [0.3, 0.4) is 0 Å². The van der Waals surface area contributed by atoms with Gasteiger partial charge in [-0.2, -0.15) is 0 Å². The van der Waals surface area contributed by atoms with Gasteiger partial charge in [0.05, 0.1) is 0 Å². The molecular weight excluding hydrogens is 582 g/mol. The second kappa shape index (κ2) is 22.1. The van der Waals surface area contributed by atoms with Gasteiger partial charge in [0.2, 0.25) is 0 Å². The molecule has 37 heavy (non-hydrogen) atoms. The third-order valence-corrected chi connectivity index (χ3v) is 6.59. The second-order valence-electron chi connectivity index (χ2n) is 9.13. The molecule has 0 spiro atoms. The first-order chi connectivity index (χ1) is 17.4. The zero-order valence-corrected chi connectivity index (χ0v) is 29.5. The number of hydrogen-bond acceptors (Lipinski definition) is 4. The van der Waals surface area contributed by atoms with Crippen molar-refractivity contribution in [3.05, 3.63) is 58.7 Å². The first-order valence-electron chi connectivity index (χ1n) is 13.5. The zero-order valence-electron chi connectivity index (χ0n) is 23.3. The van der Waals surface area contributed by atoms with Crippen molar-refractivity contribution in [3.8, 4) is 0 Å². The molecule has 0 fully saturated rings. The number of aryl methyl sites for hydroxylation is 2. The van der Waals surface area contributed by atoms with Crippen LogP contribution in [0.15, 0.2) is 36.4 Å². The fourth-order valence-electron chi connectivity index (χ4n) is 4.22. The molecule has 2 rings (SSSR count). The zero-order chi connectivity index (χ0) is 26.8. The molecule has 0 aliphatic rings. The predicted molar refractivity (Wildman–Crippen MR) is 175 cm³/mol. The summed E-state index contributed by atoms with van der Waals surface area (Å²) in [4.78, 5) is 0. The topological polar surface area (TPSA) is 24.1 Å². The molecule has 0 radical (unpaired) electrons. The molecule has 2 N–H and O–H groups in total. The van der Waals surface area contributed by atoms with Crippen molar-refractivity contribution in [2.75, 3.05) is 10.6 Å². The van der Waals surface area contributed by atoms with E-state index in [1.165, 1.54) is 73.6 Å². The Balaban J connectivity index is 0.000000682. The van der Waals surface area contributed by atoms with Crippen molar-refractivity contribution in [2.45, 2.75) is 105 Å². The number of nitrogens with one attached hydrogen (secondary N) is 2. The largest absolute Gasteiger partial charge is 2.00 e. The van der Waals surface area contributed by atoms with Crippen LogP contribution in [0.1, 0.15) is 101 Å². The Morgan fingerprint density at radius 1 is 0.595 bits per heavy atom. The standard InChI is InChI=1S/2C15H23NS2.Zn/c2*1-3-5-8-12-9-7-11-14(16-15(17)18)13(12)10-6-4-2;/h2*7,9,11H,3-6,8,10H2,1-2H3,(H2,16,17,18);/q;;+2/p-2. The maximum atomic E-state index is 4.98. The smallest absolute Gasteiger partial charge is 0.411 e. The van der Waals surface area contributed by atoms with Gasteiger partial charge >= 0.3 is 19.5 Å². The molecule has 0 amide bonds. The van der Waals surface area contributed by atoms with Crippen LogP contribution >= 0.6 is 24.4 Å². The molecule has 0 aromatic heterocycles. The Labute approximate surface area is 261 Å². The maximum Gasteiger partial charge on any atom is 2.00 e. The summed E-state index contributed by atoms with van der Waals surface area (Å²) in [6.45, 7) is 8.90. The first kappa shape index (κ1) is 36.3. The molecule has 2 aromatic rings. The summed E-state index contributed by atoms with van der Waals surface area (Å²) in [5.41, 5.74) is 7.91. The Morgan fingerprint density at radius 3 is 1.22 bits per heavy atom. The van der Waals surface area contributed by atoms with Crippen LogP contribution < -0.4 is 10.6 Å². The van der Waals surface area contributed by atoms with E-state index in [-0.39, 0.29) is 19.5 Å². The summed E-state index contributed by atoms with van der Waals surface area (Å²) in [5, 5.41) is 6.29. The molecule has 200 valence electrons. The Kier molecular flexibility index (Phi) is 21.7. The van der Waals surface area contributed by atoms with Gasteiger partial charge in [0.15, 0.2) is 0 Å². The van der Waals surface area contributed by atoms with Crippen LogP contribution in [0.25, 0.3) is 0 Å². The van der Waals surface area contributed by atoms with Gasteiger partial charge in [-0.15, -0.1) is 0 Å². The molecule has 0 atom stereocenters. The van der Waals surface area contributed by atoms with Gasteiger partial charge in [-0.05, 0) is 85.8 Å². The molecular formula is C30H44N2S4Zn. The summed E-state index contributed by atoms with van der Waals surface area (Å²) in [7, 11) is 0. The number of unbranched alkanes of at least 4 members (excludes halogenated alkanes) is 4. The van der Waals surface area contributed by atoms with Crippen LogP contribution in [0.2, 0.25) is 0 Å². The van der Waals surface area contributed by atoms with E-state index in [4.69, 9.17) is 49.7 Å². The van der Waals surface area contributed by atoms with E-state index in [9.17, 15) is 0 Å². The Hall–Kier alpha value is -0.717. The van der Waals surface area contributed by atoms with Crippen LogP contribution in [-0.2, 0) is 70.4 Å². The van der Waals surface area contributed by atoms with E-state index in [0.717, 1.165) is 37.1 Å². The minimum atomic E-state index is 0. The Morgan fingerprint density at radius 2 is 0.919 bits per heavy atom. The first-order valence-corrected chi connectivity index (χ1v) is 15.2. The number of anilines is 2. The number of rotatable bonds is 14. The van der Waals surface area contributed by atoms with E-state index < -0.39 is 0 Å². The summed E-state index contributed by atoms with van der Waals surface area (Å²) in [6.07, 6.45) is 14.3. The number of thiocarbonyl (C=S) groups is 2. The van der Waals surface area contributed by atoms with Crippen molar-refractivity contribution in [2.24, 2.45) is 0 Å². The molecule has 0 aliphatic heterocycles. The number of benzene rings is 2. The third kappa shape index (κ3) is 14.9. The molecule has 0 aliphatic carbocycles. The van der Waals surface area contributed by atoms with Gasteiger partial charge in [-0.25, -0.2) is 0 Å². The van der Waals surface area contributed by atoms with Gasteiger partial charge in [0.1, 0.15) is 0 Å². The van der Waals surface area contributed by atoms with Gasteiger partial charge in [-0.1, -0.05) is 86.3 Å². The maximum absolute atomic E-state index is 4.98. The summed E-state index contributed by atoms with van der Waals surface area (Å²) >= 11 is 19.9. The quantitative estimate of drug-likeness (QED) is 0.123. The van der Waals surface area contributed by atoms with Gasteiger partial charge in [-0.3, -0.25) is 0 Å². The van der Waals surface area contributed by atoms with E-state index in [2.05, 4.69) is 74.7 Å². The predicted octanol–water partition coefficient (Wildman–Crippen LogP) is 9.23. The normalized spacial score (nSPS) is 10.1. The fourth-order valence-corrected chi connectivity index (χ4v) is 4.66.